The molecular weight excluding hydrogens is 270 g/mol. The Morgan fingerprint density at radius 2 is 0.714 bits per heavy atom. The van der Waals surface area contributed by atoms with Gasteiger partial charge in [-0.2, -0.15) is 0 Å². The van der Waals surface area contributed by atoms with E-state index in [2.05, 4.69) is 97.6 Å². The Morgan fingerprint density at radius 3 is 0.952 bits per heavy atom. The average Bonchev–Trinajstić information content (AvgIpc) is 2.60. The van der Waals surface area contributed by atoms with E-state index in [4.69, 9.17) is 5.26 Å². The molecule has 0 bridgehead atoms. The van der Waals surface area contributed by atoms with Crippen molar-refractivity contribution in [3.8, 4) is 6.57 Å². The van der Waals surface area contributed by atoms with Crippen LogP contribution in [0.2, 0.25) is 0 Å². The maximum absolute atomic E-state index is 6.50. The standard InChI is InChI=1S/C18H16Si.CHN/c1-4-10-16(11-5-1)19(17-12-6-2-7-13-17)18-14-8-3-9-15-18;1-2/h1-15,19H;1H. The lowest BCUT2D eigenvalue weighted by Crippen LogP contribution is -2.51. The molecule has 0 aliphatic rings. The van der Waals surface area contributed by atoms with Gasteiger partial charge in [0.05, 0.1) is 0 Å². The number of benzene rings is 3. The maximum atomic E-state index is 6.50. The zero-order valence-corrected chi connectivity index (χ0v) is 12.9. The second-order valence-electron chi connectivity index (χ2n) is 4.67. The van der Waals surface area contributed by atoms with Crippen molar-refractivity contribution in [2.24, 2.45) is 0 Å². The molecule has 0 saturated carbocycles. The molecular formula is C19H17NSi. The molecule has 21 heavy (non-hydrogen) atoms. The lowest BCUT2D eigenvalue weighted by atomic mass is 10.3. The van der Waals surface area contributed by atoms with Gasteiger partial charge in [-0.15, -0.1) is 0 Å². The highest BCUT2D eigenvalue weighted by atomic mass is 28.3. The number of hydrogen-bond acceptors (Lipinski definition) is 1. The smallest absolute Gasteiger partial charge is 0.132 e. The van der Waals surface area contributed by atoms with Crippen molar-refractivity contribution >= 4 is 24.4 Å². The quantitative estimate of drug-likeness (QED) is 0.534. The van der Waals surface area contributed by atoms with E-state index >= 15 is 0 Å². The van der Waals surface area contributed by atoms with Gasteiger partial charge in [-0.3, -0.25) is 0 Å². The van der Waals surface area contributed by atoms with Crippen LogP contribution in [0.1, 0.15) is 0 Å². The lowest BCUT2D eigenvalue weighted by Gasteiger charge is -2.16. The van der Waals surface area contributed by atoms with Gasteiger partial charge in [0.1, 0.15) is 8.80 Å². The van der Waals surface area contributed by atoms with Crippen molar-refractivity contribution in [3.05, 3.63) is 91.0 Å². The molecule has 0 aliphatic carbocycles. The zero-order chi connectivity index (χ0) is 14.9. The third-order valence-electron chi connectivity index (χ3n) is 3.40. The maximum Gasteiger partial charge on any atom is 0.132 e. The van der Waals surface area contributed by atoms with Gasteiger partial charge < -0.3 is 0 Å². The number of hydrogen-bond donors (Lipinski definition) is 0. The lowest BCUT2D eigenvalue weighted by molar-refractivity contribution is 1.58. The first-order valence-corrected chi connectivity index (χ1v) is 8.59. The molecule has 0 N–H and O–H groups in total. The van der Waals surface area contributed by atoms with E-state index in [1.165, 1.54) is 15.6 Å². The molecule has 0 fully saturated rings. The predicted octanol–water partition coefficient (Wildman–Crippen LogP) is 2.07. The number of nitriles is 1. The molecule has 2 heteroatoms. The van der Waals surface area contributed by atoms with Crippen LogP contribution in [0.3, 0.4) is 0 Å². The van der Waals surface area contributed by atoms with Crippen molar-refractivity contribution in [1.29, 1.82) is 5.26 Å². The van der Waals surface area contributed by atoms with Crippen LogP contribution in [0.25, 0.3) is 0 Å². The van der Waals surface area contributed by atoms with Crippen LogP contribution >= 0.6 is 0 Å². The van der Waals surface area contributed by atoms with Crippen LogP contribution in [0.15, 0.2) is 91.0 Å². The van der Waals surface area contributed by atoms with Crippen molar-refractivity contribution in [3.63, 3.8) is 0 Å². The van der Waals surface area contributed by atoms with Gasteiger partial charge in [-0.05, 0) is 0 Å². The molecule has 3 rings (SSSR count). The van der Waals surface area contributed by atoms with Crippen molar-refractivity contribution < 1.29 is 0 Å². The van der Waals surface area contributed by atoms with Crippen molar-refractivity contribution in [1.82, 2.24) is 0 Å². The van der Waals surface area contributed by atoms with Gasteiger partial charge in [0.25, 0.3) is 0 Å². The van der Waals surface area contributed by atoms with E-state index in [1.807, 2.05) is 0 Å². The summed E-state index contributed by atoms with van der Waals surface area (Å²) in [6, 6.07) is 32.7. The minimum absolute atomic E-state index is 1.31. The van der Waals surface area contributed by atoms with E-state index < -0.39 is 8.80 Å². The predicted molar refractivity (Wildman–Crippen MR) is 92.0 cm³/mol. The summed E-state index contributed by atoms with van der Waals surface area (Å²) >= 11 is 0. The highest BCUT2D eigenvalue weighted by molar-refractivity contribution is 6.95. The number of rotatable bonds is 3. The molecule has 0 heterocycles. The fourth-order valence-electron chi connectivity index (χ4n) is 2.51. The Bertz CT molecular complexity index is 569. The molecule has 0 aromatic heterocycles. The Kier molecular flexibility index (Phi) is 5.51. The first kappa shape index (κ1) is 14.8. The fraction of sp³-hybridized carbons (Fsp3) is 0. The molecule has 0 spiro atoms. The van der Waals surface area contributed by atoms with E-state index in [-0.39, 0.29) is 0 Å². The van der Waals surface area contributed by atoms with Crippen LogP contribution in [-0.4, -0.2) is 8.80 Å². The third-order valence-corrected chi connectivity index (χ3v) is 6.55. The Labute approximate surface area is 127 Å². The third kappa shape index (κ3) is 3.68. The largest absolute Gasteiger partial charge is 0.202 e. The van der Waals surface area contributed by atoms with Crippen LogP contribution in [0, 0.1) is 11.8 Å². The van der Waals surface area contributed by atoms with Gasteiger partial charge in [0, 0.05) is 6.57 Å². The highest BCUT2D eigenvalue weighted by Gasteiger charge is 2.17. The monoisotopic (exact) mass is 287 g/mol. The summed E-state index contributed by atoms with van der Waals surface area (Å²) in [5, 5.41) is 10.9. The van der Waals surface area contributed by atoms with E-state index in [1.54, 1.807) is 0 Å². The van der Waals surface area contributed by atoms with E-state index in [0.717, 1.165) is 0 Å². The van der Waals surface area contributed by atoms with Crippen molar-refractivity contribution in [2.75, 3.05) is 0 Å². The molecule has 3 aromatic rings. The Morgan fingerprint density at radius 1 is 0.476 bits per heavy atom. The van der Waals surface area contributed by atoms with Gasteiger partial charge in [-0.1, -0.05) is 107 Å². The van der Waals surface area contributed by atoms with Crippen LogP contribution in [-0.2, 0) is 0 Å². The first-order valence-electron chi connectivity index (χ1n) is 6.86. The summed E-state index contributed by atoms with van der Waals surface area (Å²) in [5.74, 6) is 0. The topological polar surface area (TPSA) is 23.8 Å². The summed E-state index contributed by atoms with van der Waals surface area (Å²) < 4.78 is 0. The second kappa shape index (κ2) is 7.84. The van der Waals surface area contributed by atoms with Gasteiger partial charge in [-0.25, -0.2) is 5.26 Å². The molecule has 1 nitrogen and oxygen atoms in total. The van der Waals surface area contributed by atoms with Gasteiger partial charge in [0.2, 0.25) is 0 Å². The number of nitrogens with zero attached hydrogens (tertiary/aromatic N) is 1. The van der Waals surface area contributed by atoms with Gasteiger partial charge >= 0.3 is 0 Å². The highest BCUT2D eigenvalue weighted by Crippen LogP contribution is 1.95. The molecule has 0 atom stereocenters. The molecule has 0 saturated heterocycles. The summed E-state index contributed by atoms with van der Waals surface area (Å²) in [4.78, 5) is 0. The summed E-state index contributed by atoms with van der Waals surface area (Å²) in [6.07, 6.45) is 0. The molecule has 0 radical (unpaired) electrons. The summed E-state index contributed by atoms with van der Waals surface area (Å²) in [6.45, 7) is 3.50. The Hall–Kier alpha value is -2.63. The SMILES string of the molecule is C#N.c1ccc([SiH](c2ccccc2)c2ccccc2)cc1. The van der Waals surface area contributed by atoms with E-state index in [9.17, 15) is 0 Å². The van der Waals surface area contributed by atoms with Gasteiger partial charge in [0.15, 0.2) is 0 Å². The Balaban J connectivity index is 0.000000774. The molecule has 0 amide bonds. The minimum Gasteiger partial charge on any atom is -0.202 e. The fourth-order valence-corrected chi connectivity index (χ4v) is 5.49. The molecule has 102 valence electrons. The first-order chi connectivity index (χ1) is 10.4. The zero-order valence-electron chi connectivity index (χ0n) is 11.8. The van der Waals surface area contributed by atoms with Crippen LogP contribution < -0.4 is 15.6 Å². The van der Waals surface area contributed by atoms with Crippen LogP contribution in [0.5, 0.6) is 0 Å². The second-order valence-corrected chi connectivity index (χ2v) is 7.53. The van der Waals surface area contributed by atoms with E-state index in [0.29, 0.717) is 0 Å². The summed E-state index contributed by atoms with van der Waals surface area (Å²) in [5.41, 5.74) is 0. The van der Waals surface area contributed by atoms with Crippen molar-refractivity contribution in [2.45, 2.75) is 0 Å². The molecule has 0 aliphatic heterocycles. The van der Waals surface area contributed by atoms with Crippen LogP contribution in [0.4, 0.5) is 0 Å². The molecule has 0 unspecified atom stereocenters. The summed E-state index contributed by atoms with van der Waals surface area (Å²) in [7, 11) is -1.31. The average molecular weight is 287 g/mol. The minimum atomic E-state index is -1.31. The normalized spacial score (nSPS) is 9.67. The molecule has 3 aromatic carbocycles.